The molecule has 0 aromatic rings. The maximum atomic E-state index is 12.8. The number of esters is 2. The van der Waals surface area contributed by atoms with Crippen LogP contribution in [-0.4, -0.2) is 110 Å². The molecule has 0 radical (unpaired) electrons. The van der Waals surface area contributed by atoms with Crippen LogP contribution in [-0.2, 0) is 37.4 Å². The van der Waals surface area contributed by atoms with Crippen LogP contribution in [0.3, 0.4) is 0 Å². The predicted octanol–water partition coefficient (Wildman–Crippen LogP) is 10.7. The molecule has 0 amide bonds. The number of rotatable bonds is 43. The highest BCUT2D eigenvalue weighted by atomic mass is 31.2. The Labute approximate surface area is 401 Å². The fraction of sp³-hybridized carbons (Fsp3) is 0.846. The fourth-order valence-electron chi connectivity index (χ4n) is 7.75. The summed E-state index contributed by atoms with van der Waals surface area (Å²) in [7, 11) is 1.02. The summed E-state index contributed by atoms with van der Waals surface area (Å²) in [6.07, 6.45) is 36.4. The first-order valence-corrected chi connectivity index (χ1v) is 27.6. The zero-order valence-electron chi connectivity index (χ0n) is 42.2. The monoisotopic (exact) mass is 958 g/mol. The van der Waals surface area contributed by atoms with Gasteiger partial charge in [-0.05, 0) is 57.8 Å². The van der Waals surface area contributed by atoms with Gasteiger partial charge in [-0.3, -0.25) is 14.2 Å². The number of phosphoric acid groups is 1. The first kappa shape index (κ1) is 62.1. The van der Waals surface area contributed by atoms with E-state index in [4.69, 9.17) is 23.3 Å². The van der Waals surface area contributed by atoms with E-state index in [1.54, 1.807) is 12.2 Å². The average Bonchev–Trinajstić information content (AvgIpc) is 3.25. The molecule has 0 spiro atoms. The van der Waals surface area contributed by atoms with Gasteiger partial charge in [0.2, 0.25) is 0 Å². The molecule has 7 atom stereocenters. The van der Waals surface area contributed by atoms with Gasteiger partial charge in [0.05, 0.1) is 46.1 Å². The summed E-state index contributed by atoms with van der Waals surface area (Å²) in [5.74, 6) is -1.34. The Bertz CT molecular complexity index is 1340. The van der Waals surface area contributed by atoms with E-state index in [1.165, 1.54) is 96.3 Å². The van der Waals surface area contributed by atoms with Gasteiger partial charge in [0, 0.05) is 25.2 Å². The van der Waals surface area contributed by atoms with Crippen molar-refractivity contribution in [2.24, 2.45) is 5.92 Å². The van der Waals surface area contributed by atoms with Crippen molar-refractivity contribution in [1.29, 1.82) is 0 Å². The van der Waals surface area contributed by atoms with Gasteiger partial charge >= 0.3 is 11.9 Å². The summed E-state index contributed by atoms with van der Waals surface area (Å²) >= 11 is 0. The van der Waals surface area contributed by atoms with Crippen molar-refractivity contribution in [1.82, 2.24) is 0 Å². The lowest BCUT2D eigenvalue weighted by Crippen LogP contribution is -2.43. The number of phosphoric ester groups is 1. The number of carbonyl (C=O) groups is 2. The molecule has 0 bridgehead atoms. The second-order valence-corrected chi connectivity index (χ2v) is 20.8. The van der Waals surface area contributed by atoms with Crippen LogP contribution in [0.1, 0.15) is 200 Å². The largest absolute Gasteiger partial charge is 0.756 e. The molecule has 1 aliphatic rings. The SMILES string of the molecule is CCCCCCCC/C=C\CCCCCCCCCCCCCC(=O)O[C@H](COC(=O)CCC/C=C\C[C@H]1[C@@H](O)CC(O)O[C@@H]1/C=C/[C@@H](O)CCCCC)COP(=O)([O-])OCC[N+](C)(C)C. The highest BCUT2D eigenvalue weighted by Gasteiger charge is 2.35. The van der Waals surface area contributed by atoms with E-state index in [-0.39, 0.29) is 38.4 Å². The second-order valence-electron chi connectivity index (χ2n) is 19.4. The molecule has 1 heterocycles. The van der Waals surface area contributed by atoms with E-state index in [1.807, 2.05) is 33.3 Å². The van der Waals surface area contributed by atoms with Gasteiger partial charge in [0.1, 0.15) is 19.8 Å². The minimum Gasteiger partial charge on any atom is -0.756 e. The standard InChI is InChI=1S/C52H96NO12P/c1-6-8-10-11-12-13-14-15-16-17-18-19-20-21-22-23-24-25-26-27-33-37-51(57)64-46(44-63-66(59,60)62-41-40-53(3,4)5)43-61-50(56)36-32-29-28-31-35-47-48(55)42-52(58)65-49(47)39-38-45(54)34-30-9-7-2/h15-16,28,31,38-39,45-49,52,54-55,58H,6-14,17-27,29-30,32-37,40-44H2,1-5H3/b16-15-,31-28-,39-38+/t45-,46+,47-,48-,49+,52?/m0/s1. The molecule has 3 N–H and O–H groups in total. The van der Waals surface area contributed by atoms with Crippen LogP contribution in [0.25, 0.3) is 0 Å². The third kappa shape index (κ3) is 37.0. The first-order valence-electron chi connectivity index (χ1n) is 26.1. The van der Waals surface area contributed by atoms with Crippen molar-refractivity contribution in [3.63, 3.8) is 0 Å². The molecule has 0 aromatic carbocycles. The maximum Gasteiger partial charge on any atom is 0.306 e. The molecular weight excluding hydrogens is 862 g/mol. The van der Waals surface area contributed by atoms with Crippen LogP contribution in [0.4, 0.5) is 0 Å². The van der Waals surface area contributed by atoms with Crippen molar-refractivity contribution in [3.05, 3.63) is 36.5 Å². The van der Waals surface area contributed by atoms with Crippen molar-refractivity contribution in [2.45, 2.75) is 231 Å². The third-order valence-corrected chi connectivity index (χ3v) is 12.9. The minimum absolute atomic E-state index is 0.0747. The summed E-state index contributed by atoms with van der Waals surface area (Å²) in [5, 5.41) is 31.1. The highest BCUT2D eigenvalue weighted by Crippen LogP contribution is 2.38. The summed E-state index contributed by atoms with van der Waals surface area (Å²) < 4.78 is 39.7. The van der Waals surface area contributed by atoms with Crippen LogP contribution in [0.2, 0.25) is 0 Å². The average molecular weight is 958 g/mol. The normalized spacial score (nSPS) is 20.0. The molecule has 1 aliphatic heterocycles. The number of quaternary nitrogens is 1. The first-order chi connectivity index (χ1) is 31.7. The van der Waals surface area contributed by atoms with E-state index >= 15 is 0 Å². The van der Waals surface area contributed by atoms with Gasteiger partial charge < -0.3 is 48.0 Å². The predicted molar refractivity (Wildman–Crippen MR) is 262 cm³/mol. The maximum absolute atomic E-state index is 12.8. The van der Waals surface area contributed by atoms with Gasteiger partial charge in [-0.15, -0.1) is 0 Å². The van der Waals surface area contributed by atoms with Crippen LogP contribution in [0.5, 0.6) is 0 Å². The Morgan fingerprint density at radius 2 is 1.24 bits per heavy atom. The molecule has 386 valence electrons. The molecule has 1 rings (SSSR count). The zero-order valence-corrected chi connectivity index (χ0v) is 43.1. The molecule has 1 saturated heterocycles. The molecule has 13 nitrogen and oxygen atoms in total. The van der Waals surface area contributed by atoms with Gasteiger partial charge in [-0.1, -0.05) is 159 Å². The van der Waals surface area contributed by atoms with Crippen LogP contribution in [0, 0.1) is 5.92 Å². The summed E-state index contributed by atoms with van der Waals surface area (Å²) in [4.78, 5) is 38.0. The number of allylic oxidation sites excluding steroid dienone is 4. The fourth-order valence-corrected chi connectivity index (χ4v) is 8.48. The van der Waals surface area contributed by atoms with Crippen LogP contribution < -0.4 is 4.89 Å². The summed E-state index contributed by atoms with van der Waals surface area (Å²) in [6, 6.07) is 0. The Hall–Kier alpha value is -1.93. The Balaban J connectivity index is 2.42. The molecule has 0 aromatic heterocycles. The highest BCUT2D eigenvalue weighted by molar-refractivity contribution is 7.45. The quantitative estimate of drug-likeness (QED) is 0.0173. The van der Waals surface area contributed by atoms with Gasteiger partial charge in [-0.25, -0.2) is 0 Å². The minimum atomic E-state index is -4.70. The molecular formula is C52H96NO12P. The number of unbranched alkanes of at least 4 members (excludes halogenated alkanes) is 20. The third-order valence-electron chi connectivity index (χ3n) is 11.9. The number of aliphatic hydroxyl groups excluding tert-OH is 3. The topological polar surface area (TPSA) is 181 Å². The number of ether oxygens (including phenoxy) is 3. The number of hydrogen-bond acceptors (Lipinski definition) is 12. The number of nitrogens with zero attached hydrogens (tertiary/aromatic N) is 1. The number of carbonyl (C=O) groups excluding carboxylic acids is 2. The van der Waals surface area contributed by atoms with Crippen molar-refractivity contribution in [2.75, 3.05) is 47.5 Å². The lowest BCUT2D eigenvalue weighted by molar-refractivity contribution is -0.870. The lowest BCUT2D eigenvalue weighted by atomic mass is 9.87. The van der Waals surface area contributed by atoms with E-state index < -0.39 is 57.1 Å². The van der Waals surface area contributed by atoms with Gasteiger partial charge in [-0.2, -0.15) is 0 Å². The van der Waals surface area contributed by atoms with E-state index in [0.29, 0.717) is 43.1 Å². The Morgan fingerprint density at radius 3 is 1.85 bits per heavy atom. The molecule has 1 fully saturated rings. The van der Waals surface area contributed by atoms with Crippen molar-refractivity contribution in [3.8, 4) is 0 Å². The smallest absolute Gasteiger partial charge is 0.306 e. The molecule has 66 heavy (non-hydrogen) atoms. The molecule has 0 aliphatic carbocycles. The molecule has 2 unspecified atom stereocenters. The number of hydrogen-bond donors (Lipinski definition) is 3. The Morgan fingerprint density at radius 1 is 0.712 bits per heavy atom. The van der Waals surface area contributed by atoms with Crippen molar-refractivity contribution < 1.29 is 62.1 Å². The molecule has 14 heteroatoms. The van der Waals surface area contributed by atoms with Crippen LogP contribution >= 0.6 is 7.82 Å². The summed E-state index contributed by atoms with van der Waals surface area (Å²) in [6.45, 7) is 3.83. The van der Waals surface area contributed by atoms with Crippen LogP contribution in [0.15, 0.2) is 36.5 Å². The zero-order chi connectivity index (χ0) is 48.7. The lowest BCUT2D eigenvalue weighted by Gasteiger charge is -2.36. The molecule has 0 saturated carbocycles. The van der Waals surface area contributed by atoms with Crippen molar-refractivity contribution >= 4 is 19.8 Å². The number of likely N-dealkylation sites (N-methyl/N-ethyl adjacent to an activating group) is 1. The number of aliphatic hydroxyl groups is 3. The van der Waals surface area contributed by atoms with E-state index in [9.17, 15) is 34.4 Å². The van der Waals surface area contributed by atoms with E-state index in [0.717, 1.165) is 38.5 Å². The summed E-state index contributed by atoms with van der Waals surface area (Å²) in [5.41, 5.74) is 0. The van der Waals surface area contributed by atoms with Gasteiger partial charge in [0.25, 0.3) is 7.82 Å². The van der Waals surface area contributed by atoms with E-state index in [2.05, 4.69) is 26.0 Å². The Kier molecular flexibility index (Phi) is 37.5. The van der Waals surface area contributed by atoms with Gasteiger partial charge in [0.15, 0.2) is 12.4 Å². The second kappa shape index (κ2) is 39.9.